The SMILES string of the molecule is COC(=O)C(CC(C)C)NC(=O)C(Cc1ccc(O)cc1)NC(=O)OC(C)(C)C. The summed E-state index contributed by atoms with van der Waals surface area (Å²) in [4.78, 5) is 37.2. The molecular weight excluding hydrogens is 376 g/mol. The van der Waals surface area contributed by atoms with Gasteiger partial charge in [0.2, 0.25) is 5.91 Å². The van der Waals surface area contributed by atoms with E-state index >= 15 is 0 Å². The first kappa shape index (κ1) is 24.3. The Morgan fingerprint density at radius 2 is 1.62 bits per heavy atom. The summed E-state index contributed by atoms with van der Waals surface area (Å²) in [6.07, 6.45) is -0.188. The summed E-state index contributed by atoms with van der Waals surface area (Å²) < 4.78 is 10.0. The Kier molecular flexibility index (Phi) is 8.94. The monoisotopic (exact) mass is 408 g/mol. The van der Waals surface area contributed by atoms with Crippen LogP contribution in [-0.2, 0) is 25.5 Å². The lowest BCUT2D eigenvalue weighted by atomic mass is 10.0. The van der Waals surface area contributed by atoms with E-state index in [1.807, 2.05) is 13.8 Å². The van der Waals surface area contributed by atoms with Crippen LogP contribution in [0.2, 0.25) is 0 Å². The van der Waals surface area contributed by atoms with E-state index in [1.165, 1.54) is 19.2 Å². The quantitative estimate of drug-likeness (QED) is 0.570. The molecule has 8 heteroatoms. The summed E-state index contributed by atoms with van der Waals surface area (Å²) in [5.41, 5.74) is -0.00645. The normalized spacial score (nSPS) is 13.3. The molecule has 8 nitrogen and oxygen atoms in total. The van der Waals surface area contributed by atoms with Crippen LogP contribution in [-0.4, -0.2) is 47.9 Å². The maximum Gasteiger partial charge on any atom is 0.408 e. The van der Waals surface area contributed by atoms with Crippen molar-refractivity contribution in [1.82, 2.24) is 10.6 Å². The van der Waals surface area contributed by atoms with Crippen LogP contribution >= 0.6 is 0 Å². The standard InChI is InChI=1S/C21H32N2O6/c1-13(2)11-17(19(26)28-6)22-18(25)16(23-20(27)29-21(3,4)5)12-14-7-9-15(24)10-8-14/h7-10,13,16-17,24H,11-12H2,1-6H3,(H,22,25)(H,23,27). The number of methoxy groups -OCH3 is 1. The van der Waals surface area contributed by atoms with Gasteiger partial charge in [-0.3, -0.25) is 4.79 Å². The zero-order valence-electron chi connectivity index (χ0n) is 17.9. The number of hydrogen-bond acceptors (Lipinski definition) is 6. The Morgan fingerprint density at radius 1 is 1.03 bits per heavy atom. The largest absolute Gasteiger partial charge is 0.508 e. The summed E-state index contributed by atoms with van der Waals surface area (Å²) in [7, 11) is 1.26. The van der Waals surface area contributed by atoms with Crippen LogP contribution in [0.25, 0.3) is 0 Å². The number of ether oxygens (including phenoxy) is 2. The molecular formula is C21H32N2O6. The average molecular weight is 408 g/mol. The van der Waals surface area contributed by atoms with Crippen LogP contribution in [0.4, 0.5) is 4.79 Å². The van der Waals surface area contributed by atoms with E-state index in [-0.39, 0.29) is 18.1 Å². The predicted molar refractivity (Wildman–Crippen MR) is 108 cm³/mol. The Bertz CT molecular complexity index is 694. The molecule has 2 atom stereocenters. The van der Waals surface area contributed by atoms with Crippen LogP contribution in [0.15, 0.2) is 24.3 Å². The smallest absolute Gasteiger partial charge is 0.408 e. The van der Waals surface area contributed by atoms with Crippen LogP contribution < -0.4 is 10.6 Å². The Hall–Kier alpha value is -2.77. The third-order valence-electron chi connectivity index (χ3n) is 3.89. The molecule has 0 aliphatic heterocycles. The minimum absolute atomic E-state index is 0.0949. The number of amides is 2. The Balaban J connectivity index is 3.00. The van der Waals surface area contributed by atoms with Crippen molar-refractivity contribution < 1.29 is 29.0 Å². The topological polar surface area (TPSA) is 114 Å². The minimum atomic E-state index is -0.978. The minimum Gasteiger partial charge on any atom is -0.508 e. The summed E-state index contributed by atoms with van der Waals surface area (Å²) in [5, 5.41) is 14.7. The number of carbonyl (C=O) groups is 3. The van der Waals surface area contributed by atoms with Gasteiger partial charge in [0, 0.05) is 6.42 Å². The van der Waals surface area contributed by atoms with Gasteiger partial charge in [-0.2, -0.15) is 0 Å². The molecule has 0 spiro atoms. The van der Waals surface area contributed by atoms with Gasteiger partial charge in [0.25, 0.3) is 0 Å². The van der Waals surface area contributed by atoms with Crippen molar-refractivity contribution in [1.29, 1.82) is 0 Å². The number of phenolic OH excluding ortho intramolecular Hbond substituents is 1. The highest BCUT2D eigenvalue weighted by molar-refractivity contribution is 5.89. The summed E-state index contributed by atoms with van der Waals surface area (Å²) in [5.74, 6) is -0.834. The van der Waals surface area contributed by atoms with Crippen molar-refractivity contribution in [3.63, 3.8) is 0 Å². The fraction of sp³-hybridized carbons (Fsp3) is 0.571. The molecule has 0 aromatic heterocycles. The molecule has 0 radical (unpaired) electrons. The second-order valence-electron chi connectivity index (χ2n) is 8.28. The van der Waals surface area contributed by atoms with E-state index in [1.54, 1.807) is 32.9 Å². The van der Waals surface area contributed by atoms with E-state index in [0.29, 0.717) is 6.42 Å². The molecule has 0 saturated carbocycles. The number of alkyl carbamates (subject to hydrolysis) is 1. The number of hydrogen-bond donors (Lipinski definition) is 3. The zero-order valence-corrected chi connectivity index (χ0v) is 17.9. The summed E-state index contributed by atoms with van der Waals surface area (Å²) in [6.45, 7) is 9.01. The van der Waals surface area contributed by atoms with Crippen LogP contribution in [0.3, 0.4) is 0 Å². The van der Waals surface area contributed by atoms with Crippen molar-refractivity contribution in [2.24, 2.45) is 5.92 Å². The van der Waals surface area contributed by atoms with Crippen molar-refractivity contribution in [2.45, 2.75) is 65.1 Å². The highest BCUT2D eigenvalue weighted by Gasteiger charge is 2.29. The number of phenols is 1. The third kappa shape index (κ3) is 9.32. The second kappa shape index (κ2) is 10.7. The van der Waals surface area contributed by atoms with Crippen LogP contribution in [0.5, 0.6) is 5.75 Å². The van der Waals surface area contributed by atoms with E-state index in [9.17, 15) is 19.5 Å². The van der Waals surface area contributed by atoms with E-state index in [2.05, 4.69) is 10.6 Å². The lowest BCUT2D eigenvalue weighted by molar-refractivity contribution is -0.145. The van der Waals surface area contributed by atoms with Crippen molar-refractivity contribution in [2.75, 3.05) is 7.11 Å². The van der Waals surface area contributed by atoms with Crippen molar-refractivity contribution >= 4 is 18.0 Å². The van der Waals surface area contributed by atoms with Gasteiger partial charge in [0.15, 0.2) is 0 Å². The molecule has 1 rings (SSSR count). The van der Waals surface area contributed by atoms with Crippen molar-refractivity contribution in [3.05, 3.63) is 29.8 Å². The molecule has 29 heavy (non-hydrogen) atoms. The first-order valence-electron chi connectivity index (χ1n) is 9.57. The van der Waals surface area contributed by atoms with Gasteiger partial charge in [-0.25, -0.2) is 9.59 Å². The van der Waals surface area contributed by atoms with Crippen molar-refractivity contribution in [3.8, 4) is 5.75 Å². The molecule has 162 valence electrons. The van der Waals surface area contributed by atoms with Gasteiger partial charge in [0.1, 0.15) is 23.4 Å². The lowest BCUT2D eigenvalue weighted by Crippen LogP contribution is -2.53. The fourth-order valence-corrected chi connectivity index (χ4v) is 2.63. The highest BCUT2D eigenvalue weighted by atomic mass is 16.6. The fourth-order valence-electron chi connectivity index (χ4n) is 2.63. The second-order valence-corrected chi connectivity index (χ2v) is 8.28. The highest BCUT2D eigenvalue weighted by Crippen LogP contribution is 2.13. The zero-order chi connectivity index (χ0) is 22.2. The summed E-state index contributed by atoms with van der Waals surface area (Å²) in [6, 6.07) is 4.49. The molecule has 0 bridgehead atoms. The van der Waals surface area contributed by atoms with Gasteiger partial charge in [0.05, 0.1) is 7.11 Å². The van der Waals surface area contributed by atoms with Gasteiger partial charge < -0.3 is 25.2 Å². The van der Waals surface area contributed by atoms with Gasteiger partial charge in [-0.05, 0) is 50.8 Å². The van der Waals surface area contributed by atoms with E-state index in [4.69, 9.17) is 9.47 Å². The molecule has 3 N–H and O–H groups in total. The van der Waals surface area contributed by atoms with Crippen LogP contribution in [0, 0.1) is 5.92 Å². The van der Waals surface area contributed by atoms with E-state index in [0.717, 1.165) is 5.56 Å². The molecule has 0 aliphatic carbocycles. The molecule has 2 unspecified atom stereocenters. The molecule has 0 fully saturated rings. The van der Waals surface area contributed by atoms with Gasteiger partial charge in [-0.1, -0.05) is 26.0 Å². The average Bonchev–Trinajstić information content (AvgIpc) is 2.59. The number of benzene rings is 1. The number of rotatable bonds is 8. The predicted octanol–water partition coefficient (Wildman–Crippen LogP) is 2.53. The summed E-state index contributed by atoms with van der Waals surface area (Å²) >= 11 is 0. The molecule has 1 aromatic rings. The number of carbonyl (C=O) groups excluding carboxylic acids is 3. The van der Waals surface area contributed by atoms with Crippen LogP contribution in [0.1, 0.15) is 46.6 Å². The first-order valence-corrected chi connectivity index (χ1v) is 9.57. The third-order valence-corrected chi connectivity index (χ3v) is 3.89. The molecule has 0 heterocycles. The maximum atomic E-state index is 12.9. The maximum absolute atomic E-state index is 12.9. The van der Waals surface area contributed by atoms with E-state index < -0.39 is 35.7 Å². The molecule has 0 aliphatic rings. The number of nitrogens with one attached hydrogen (secondary N) is 2. The van der Waals surface area contributed by atoms with Gasteiger partial charge >= 0.3 is 12.1 Å². The lowest BCUT2D eigenvalue weighted by Gasteiger charge is -2.25. The Morgan fingerprint density at radius 3 is 2.10 bits per heavy atom. The Labute approximate surface area is 172 Å². The molecule has 1 aromatic carbocycles. The van der Waals surface area contributed by atoms with Gasteiger partial charge in [-0.15, -0.1) is 0 Å². The molecule has 0 saturated heterocycles. The molecule has 2 amide bonds. The number of aromatic hydroxyl groups is 1. The first-order chi connectivity index (χ1) is 13.4. The number of esters is 1.